The number of aromatic amines is 1. The summed E-state index contributed by atoms with van der Waals surface area (Å²) in [7, 11) is 0. The zero-order valence-electron chi connectivity index (χ0n) is 14.5. The van der Waals surface area contributed by atoms with Crippen LogP contribution in [-0.4, -0.2) is 36.1 Å². The number of para-hydroxylation sites is 1. The van der Waals surface area contributed by atoms with Gasteiger partial charge in [0.1, 0.15) is 0 Å². The summed E-state index contributed by atoms with van der Waals surface area (Å²) in [5, 5.41) is 4.24. The van der Waals surface area contributed by atoms with E-state index in [2.05, 4.69) is 28.7 Å². The first kappa shape index (κ1) is 16.4. The van der Waals surface area contributed by atoms with E-state index >= 15 is 0 Å². The van der Waals surface area contributed by atoms with Gasteiger partial charge in [0.05, 0.1) is 29.5 Å². The molecule has 0 aliphatic carbocycles. The van der Waals surface area contributed by atoms with E-state index in [1.165, 1.54) is 10.4 Å². The Kier molecular flexibility index (Phi) is 4.46. The summed E-state index contributed by atoms with van der Waals surface area (Å²) in [6.07, 6.45) is 1.88. The summed E-state index contributed by atoms with van der Waals surface area (Å²) < 4.78 is 6.92. The van der Waals surface area contributed by atoms with E-state index in [-0.39, 0.29) is 5.56 Å². The second-order valence-electron chi connectivity index (χ2n) is 6.32. The molecule has 1 N–H and O–H groups in total. The zero-order chi connectivity index (χ0) is 17.9. The van der Waals surface area contributed by atoms with Crippen LogP contribution in [0.4, 0.5) is 5.69 Å². The van der Waals surface area contributed by atoms with Crippen LogP contribution in [0, 0.1) is 0 Å². The minimum absolute atomic E-state index is 0.0987. The Bertz CT molecular complexity index is 1040. The van der Waals surface area contributed by atoms with Gasteiger partial charge in [-0.3, -0.25) is 9.89 Å². The van der Waals surface area contributed by atoms with E-state index in [0.717, 1.165) is 37.6 Å². The largest absolute Gasteiger partial charge is 0.378 e. The molecule has 3 aromatic rings. The molecule has 5 nitrogen and oxygen atoms in total. The van der Waals surface area contributed by atoms with Crippen molar-refractivity contribution in [1.82, 2.24) is 9.78 Å². The first-order chi connectivity index (χ1) is 12.7. The van der Waals surface area contributed by atoms with Gasteiger partial charge in [-0.05, 0) is 35.9 Å². The van der Waals surface area contributed by atoms with E-state index in [1.54, 1.807) is 0 Å². The topological polar surface area (TPSA) is 50.3 Å². The number of rotatable bonds is 3. The molecule has 2 aromatic carbocycles. The van der Waals surface area contributed by atoms with Gasteiger partial charge in [0.15, 0.2) is 0 Å². The minimum atomic E-state index is -0.0987. The highest BCUT2D eigenvalue weighted by Gasteiger charge is 2.10. The van der Waals surface area contributed by atoms with Crippen molar-refractivity contribution in [3.8, 4) is 5.69 Å². The van der Waals surface area contributed by atoms with Crippen molar-refractivity contribution in [2.75, 3.05) is 31.2 Å². The normalized spacial score (nSPS) is 15.4. The predicted molar refractivity (Wildman–Crippen MR) is 104 cm³/mol. The molecule has 5 heteroatoms. The molecule has 1 fully saturated rings. The van der Waals surface area contributed by atoms with Crippen LogP contribution in [0.25, 0.3) is 18.3 Å². The third-order valence-electron chi connectivity index (χ3n) is 4.60. The van der Waals surface area contributed by atoms with Gasteiger partial charge in [-0.25, -0.2) is 4.68 Å². The number of nitrogens with one attached hydrogen (secondary N) is 1. The maximum Gasteiger partial charge on any atom is 0.279 e. The smallest absolute Gasteiger partial charge is 0.279 e. The lowest BCUT2D eigenvalue weighted by Crippen LogP contribution is -2.36. The van der Waals surface area contributed by atoms with Crippen LogP contribution >= 0.6 is 0 Å². The predicted octanol–water partition coefficient (Wildman–Crippen LogP) is 1.24. The molecule has 1 aliphatic rings. The molecule has 0 spiro atoms. The summed E-state index contributed by atoms with van der Waals surface area (Å²) in [5.74, 6) is 0. The summed E-state index contributed by atoms with van der Waals surface area (Å²) in [4.78, 5) is 15.1. The molecule has 0 bridgehead atoms. The molecule has 132 valence electrons. The van der Waals surface area contributed by atoms with Crippen LogP contribution in [0.5, 0.6) is 0 Å². The van der Waals surface area contributed by atoms with E-state index < -0.39 is 0 Å². The molecule has 1 aromatic heterocycles. The van der Waals surface area contributed by atoms with Crippen molar-refractivity contribution >= 4 is 18.3 Å². The molecule has 0 atom stereocenters. The van der Waals surface area contributed by atoms with Gasteiger partial charge in [-0.2, -0.15) is 0 Å². The number of benzene rings is 2. The first-order valence-electron chi connectivity index (χ1n) is 8.72. The molecule has 2 heterocycles. The average Bonchev–Trinajstić information content (AvgIpc) is 2.98. The lowest BCUT2D eigenvalue weighted by atomic mass is 10.1. The van der Waals surface area contributed by atoms with E-state index in [9.17, 15) is 4.79 Å². The first-order valence-corrected chi connectivity index (χ1v) is 8.72. The standard InChI is InChI=1S/C21H21N3O2/c1-16-20(21(25)24(22-16)19-5-3-2-4-6-19)15-17-7-9-18(10-8-17)23-11-13-26-14-12-23/h2-10,15,22H,1,11-14H2. The molecule has 1 saturated heterocycles. The number of hydrogen-bond acceptors (Lipinski definition) is 3. The maximum atomic E-state index is 12.7. The monoisotopic (exact) mass is 347 g/mol. The lowest BCUT2D eigenvalue weighted by Gasteiger charge is -2.28. The van der Waals surface area contributed by atoms with Crippen LogP contribution in [0.2, 0.25) is 0 Å². The Morgan fingerprint density at radius 3 is 2.35 bits per heavy atom. The summed E-state index contributed by atoms with van der Waals surface area (Å²) in [5.41, 5.74) is 2.85. The molecule has 26 heavy (non-hydrogen) atoms. The molecule has 0 unspecified atom stereocenters. The quantitative estimate of drug-likeness (QED) is 0.776. The van der Waals surface area contributed by atoms with Gasteiger partial charge in [-0.15, -0.1) is 0 Å². The second kappa shape index (κ2) is 7.06. The molecule has 0 saturated carbocycles. The fourth-order valence-electron chi connectivity index (χ4n) is 3.17. The SMILES string of the molecule is C=c1[nH]n(-c2ccccc2)c(=O)c1=Cc1ccc(N2CCOCC2)cc1. The fourth-order valence-corrected chi connectivity index (χ4v) is 3.17. The van der Waals surface area contributed by atoms with Crippen LogP contribution in [0.15, 0.2) is 59.4 Å². The number of hydrogen-bond donors (Lipinski definition) is 1. The van der Waals surface area contributed by atoms with Gasteiger partial charge < -0.3 is 9.64 Å². The molecular weight excluding hydrogens is 326 g/mol. The second-order valence-corrected chi connectivity index (χ2v) is 6.32. The van der Waals surface area contributed by atoms with Crippen LogP contribution < -0.4 is 21.0 Å². The summed E-state index contributed by atoms with van der Waals surface area (Å²) in [6, 6.07) is 17.7. The van der Waals surface area contributed by atoms with Gasteiger partial charge in [0.25, 0.3) is 5.56 Å². The Labute approximate surface area is 151 Å². The third kappa shape index (κ3) is 3.21. The molecule has 1 aliphatic heterocycles. The van der Waals surface area contributed by atoms with Gasteiger partial charge in [0, 0.05) is 18.8 Å². The third-order valence-corrected chi connectivity index (χ3v) is 4.60. The van der Waals surface area contributed by atoms with E-state index in [0.29, 0.717) is 10.6 Å². The Balaban J connectivity index is 1.67. The number of morpholine rings is 1. The van der Waals surface area contributed by atoms with Crippen molar-refractivity contribution in [1.29, 1.82) is 0 Å². The van der Waals surface area contributed by atoms with Gasteiger partial charge >= 0.3 is 0 Å². The molecule has 4 rings (SSSR count). The Morgan fingerprint density at radius 2 is 1.65 bits per heavy atom. The minimum Gasteiger partial charge on any atom is -0.378 e. The van der Waals surface area contributed by atoms with Gasteiger partial charge in [-0.1, -0.05) is 36.9 Å². The number of H-pyrrole nitrogens is 1. The van der Waals surface area contributed by atoms with Crippen LogP contribution in [0.3, 0.4) is 0 Å². The highest BCUT2D eigenvalue weighted by Crippen LogP contribution is 2.16. The summed E-state index contributed by atoms with van der Waals surface area (Å²) in [6.45, 7) is 7.33. The number of ether oxygens (including phenoxy) is 1. The van der Waals surface area contributed by atoms with Crippen molar-refractivity contribution in [2.24, 2.45) is 0 Å². The fraction of sp³-hybridized carbons (Fsp3) is 0.190. The van der Waals surface area contributed by atoms with Crippen molar-refractivity contribution < 1.29 is 4.74 Å². The molecular formula is C21H21N3O2. The van der Waals surface area contributed by atoms with Gasteiger partial charge in [0.2, 0.25) is 0 Å². The average molecular weight is 347 g/mol. The molecule has 0 radical (unpaired) electrons. The highest BCUT2D eigenvalue weighted by atomic mass is 16.5. The van der Waals surface area contributed by atoms with E-state index in [1.807, 2.05) is 48.5 Å². The Hall–Kier alpha value is -3.05. The number of aromatic nitrogens is 2. The summed E-state index contributed by atoms with van der Waals surface area (Å²) >= 11 is 0. The van der Waals surface area contributed by atoms with Crippen molar-refractivity contribution in [3.05, 3.63) is 81.1 Å². The lowest BCUT2D eigenvalue weighted by molar-refractivity contribution is 0.122. The van der Waals surface area contributed by atoms with Crippen LogP contribution in [0.1, 0.15) is 5.56 Å². The maximum absolute atomic E-state index is 12.7. The van der Waals surface area contributed by atoms with Crippen LogP contribution in [-0.2, 0) is 4.74 Å². The number of nitrogens with zero attached hydrogens (tertiary/aromatic N) is 2. The molecule has 0 amide bonds. The number of anilines is 1. The van der Waals surface area contributed by atoms with Crippen molar-refractivity contribution in [2.45, 2.75) is 0 Å². The Morgan fingerprint density at radius 1 is 0.962 bits per heavy atom. The van der Waals surface area contributed by atoms with E-state index in [4.69, 9.17) is 4.74 Å². The zero-order valence-corrected chi connectivity index (χ0v) is 14.5. The van der Waals surface area contributed by atoms with Crippen molar-refractivity contribution in [3.63, 3.8) is 0 Å². The highest BCUT2D eigenvalue weighted by molar-refractivity contribution is 5.56.